The molecule has 5 nitrogen and oxygen atoms in total. The SMILES string of the molecule is Nc1ncc(Cc2ccc(C(F)(F)F)cn2)c(N)n1. The van der Waals surface area contributed by atoms with E-state index in [4.69, 9.17) is 11.5 Å². The lowest BCUT2D eigenvalue weighted by atomic mass is 10.1. The number of nitrogens with two attached hydrogens (primary N) is 2. The van der Waals surface area contributed by atoms with Crippen molar-refractivity contribution in [3.8, 4) is 0 Å². The molecule has 0 saturated carbocycles. The first-order valence-corrected chi connectivity index (χ1v) is 5.25. The third-order valence-corrected chi connectivity index (χ3v) is 2.44. The van der Waals surface area contributed by atoms with Gasteiger partial charge in [0.25, 0.3) is 0 Å². The maximum absolute atomic E-state index is 12.4. The lowest BCUT2D eigenvalue weighted by molar-refractivity contribution is -0.137. The van der Waals surface area contributed by atoms with Crippen LogP contribution in [0.25, 0.3) is 0 Å². The number of alkyl halides is 3. The molecule has 0 aromatic carbocycles. The largest absolute Gasteiger partial charge is 0.417 e. The average Bonchev–Trinajstić information content (AvgIpc) is 2.32. The van der Waals surface area contributed by atoms with E-state index >= 15 is 0 Å². The smallest absolute Gasteiger partial charge is 0.383 e. The fraction of sp³-hybridized carbons (Fsp3) is 0.182. The van der Waals surface area contributed by atoms with Crippen LogP contribution in [-0.2, 0) is 12.6 Å². The molecule has 4 N–H and O–H groups in total. The van der Waals surface area contributed by atoms with E-state index in [0.717, 1.165) is 12.3 Å². The molecule has 0 atom stereocenters. The summed E-state index contributed by atoms with van der Waals surface area (Å²) in [6.07, 6.45) is -1.94. The van der Waals surface area contributed by atoms with Crippen LogP contribution >= 0.6 is 0 Å². The van der Waals surface area contributed by atoms with Crippen molar-refractivity contribution in [3.63, 3.8) is 0 Å². The van der Waals surface area contributed by atoms with Crippen LogP contribution in [0.4, 0.5) is 24.9 Å². The summed E-state index contributed by atoms with van der Waals surface area (Å²) < 4.78 is 37.1. The van der Waals surface area contributed by atoms with Gasteiger partial charge in [-0.2, -0.15) is 18.2 Å². The van der Waals surface area contributed by atoms with Crippen molar-refractivity contribution in [3.05, 3.63) is 41.3 Å². The fourth-order valence-electron chi connectivity index (χ4n) is 1.46. The van der Waals surface area contributed by atoms with Crippen molar-refractivity contribution in [1.29, 1.82) is 0 Å². The van der Waals surface area contributed by atoms with Gasteiger partial charge in [0.1, 0.15) is 5.82 Å². The Balaban J connectivity index is 2.20. The Labute approximate surface area is 106 Å². The maximum Gasteiger partial charge on any atom is 0.417 e. The van der Waals surface area contributed by atoms with E-state index in [1.165, 1.54) is 12.3 Å². The summed E-state index contributed by atoms with van der Waals surface area (Å²) in [5.74, 6) is 0.232. The van der Waals surface area contributed by atoms with Crippen molar-refractivity contribution in [1.82, 2.24) is 15.0 Å². The van der Waals surface area contributed by atoms with Gasteiger partial charge in [-0.1, -0.05) is 0 Å². The first kappa shape index (κ1) is 13.1. The Morgan fingerprint density at radius 3 is 2.32 bits per heavy atom. The molecule has 0 aliphatic carbocycles. The summed E-state index contributed by atoms with van der Waals surface area (Å²) in [4.78, 5) is 11.3. The van der Waals surface area contributed by atoms with E-state index < -0.39 is 11.7 Å². The number of pyridine rings is 1. The van der Waals surface area contributed by atoms with Crippen LogP contribution in [0, 0.1) is 0 Å². The predicted octanol–water partition coefficient (Wildman–Crippen LogP) is 1.65. The number of halogens is 3. The average molecular weight is 269 g/mol. The number of aromatic nitrogens is 3. The van der Waals surface area contributed by atoms with Crippen LogP contribution in [0.1, 0.15) is 16.8 Å². The molecule has 0 bridgehead atoms. The summed E-state index contributed by atoms with van der Waals surface area (Å²) in [6.45, 7) is 0. The minimum Gasteiger partial charge on any atom is -0.383 e. The molecule has 0 aliphatic heterocycles. The van der Waals surface area contributed by atoms with Gasteiger partial charge in [-0.15, -0.1) is 0 Å². The van der Waals surface area contributed by atoms with Crippen molar-refractivity contribution >= 4 is 11.8 Å². The number of anilines is 2. The highest BCUT2D eigenvalue weighted by Crippen LogP contribution is 2.28. The van der Waals surface area contributed by atoms with E-state index in [2.05, 4.69) is 15.0 Å². The Hall–Kier alpha value is -2.38. The molecule has 19 heavy (non-hydrogen) atoms. The Kier molecular flexibility index (Phi) is 3.24. The van der Waals surface area contributed by atoms with Crippen LogP contribution < -0.4 is 11.5 Å². The molecule has 2 heterocycles. The standard InChI is InChI=1S/C11H10F3N5/c12-11(13,14)7-1-2-8(17-5-7)3-6-4-18-10(16)19-9(6)15/h1-2,4-5H,3H2,(H4,15,16,18,19). The normalized spacial score (nSPS) is 11.5. The van der Waals surface area contributed by atoms with Crippen LogP contribution in [0.3, 0.4) is 0 Å². The fourth-order valence-corrected chi connectivity index (χ4v) is 1.46. The van der Waals surface area contributed by atoms with Gasteiger partial charge < -0.3 is 11.5 Å². The molecular formula is C11H10F3N5. The maximum atomic E-state index is 12.4. The first-order chi connectivity index (χ1) is 8.86. The van der Waals surface area contributed by atoms with Crippen molar-refractivity contribution in [2.75, 3.05) is 11.5 Å². The summed E-state index contributed by atoms with van der Waals surface area (Å²) in [6, 6.07) is 2.26. The van der Waals surface area contributed by atoms with E-state index in [0.29, 0.717) is 11.3 Å². The van der Waals surface area contributed by atoms with Crippen LogP contribution in [0.5, 0.6) is 0 Å². The highest BCUT2D eigenvalue weighted by molar-refractivity contribution is 5.43. The Morgan fingerprint density at radius 1 is 1.05 bits per heavy atom. The van der Waals surface area contributed by atoms with Gasteiger partial charge in [-0.05, 0) is 12.1 Å². The van der Waals surface area contributed by atoms with Crippen LogP contribution in [-0.4, -0.2) is 15.0 Å². The molecule has 100 valence electrons. The van der Waals surface area contributed by atoms with Crippen LogP contribution in [0.2, 0.25) is 0 Å². The molecule has 8 heteroatoms. The van der Waals surface area contributed by atoms with Crippen LogP contribution in [0.15, 0.2) is 24.5 Å². The molecule has 0 fully saturated rings. The summed E-state index contributed by atoms with van der Waals surface area (Å²) in [7, 11) is 0. The zero-order valence-electron chi connectivity index (χ0n) is 9.65. The molecule has 0 saturated heterocycles. The Bertz CT molecular complexity index is 580. The van der Waals surface area contributed by atoms with Gasteiger partial charge in [0.2, 0.25) is 5.95 Å². The third kappa shape index (κ3) is 3.09. The summed E-state index contributed by atoms with van der Waals surface area (Å²) in [5.41, 5.74) is 11.2. The second-order valence-corrected chi connectivity index (χ2v) is 3.85. The lowest BCUT2D eigenvalue weighted by Crippen LogP contribution is -2.07. The second-order valence-electron chi connectivity index (χ2n) is 3.85. The van der Waals surface area contributed by atoms with Crippen molar-refractivity contribution in [2.45, 2.75) is 12.6 Å². The van der Waals surface area contributed by atoms with E-state index in [9.17, 15) is 13.2 Å². The van der Waals surface area contributed by atoms with Gasteiger partial charge in [0.15, 0.2) is 0 Å². The van der Waals surface area contributed by atoms with Gasteiger partial charge in [0, 0.05) is 30.1 Å². The number of hydrogen-bond acceptors (Lipinski definition) is 5. The number of hydrogen-bond donors (Lipinski definition) is 2. The second kappa shape index (κ2) is 4.71. The lowest BCUT2D eigenvalue weighted by Gasteiger charge is -2.07. The topological polar surface area (TPSA) is 90.7 Å². The third-order valence-electron chi connectivity index (χ3n) is 2.44. The number of rotatable bonds is 2. The molecule has 2 aromatic rings. The monoisotopic (exact) mass is 269 g/mol. The minimum absolute atomic E-state index is 0.0432. The highest BCUT2D eigenvalue weighted by Gasteiger charge is 2.30. The molecule has 0 unspecified atom stereocenters. The molecule has 0 amide bonds. The predicted molar refractivity (Wildman–Crippen MR) is 62.9 cm³/mol. The number of nitrogen functional groups attached to an aromatic ring is 2. The molecule has 2 aromatic heterocycles. The zero-order chi connectivity index (χ0) is 14.0. The zero-order valence-corrected chi connectivity index (χ0v) is 9.65. The molecule has 0 radical (unpaired) electrons. The first-order valence-electron chi connectivity index (χ1n) is 5.25. The molecule has 0 spiro atoms. The van der Waals surface area contributed by atoms with E-state index in [1.54, 1.807) is 0 Å². The highest BCUT2D eigenvalue weighted by atomic mass is 19.4. The molecule has 2 rings (SSSR count). The summed E-state index contributed by atoms with van der Waals surface area (Å²) >= 11 is 0. The van der Waals surface area contributed by atoms with Crippen molar-refractivity contribution in [2.24, 2.45) is 0 Å². The van der Waals surface area contributed by atoms with E-state index in [1.807, 2.05) is 0 Å². The number of nitrogens with zero attached hydrogens (tertiary/aromatic N) is 3. The van der Waals surface area contributed by atoms with Gasteiger partial charge in [-0.3, -0.25) is 4.98 Å². The van der Waals surface area contributed by atoms with Gasteiger partial charge in [0.05, 0.1) is 5.56 Å². The van der Waals surface area contributed by atoms with Gasteiger partial charge in [-0.25, -0.2) is 4.98 Å². The molecule has 0 aliphatic rings. The minimum atomic E-state index is -4.39. The van der Waals surface area contributed by atoms with Crippen molar-refractivity contribution < 1.29 is 13.2 Å². The quantitative estimate of drug-likeness (QED) is 0.865. The Morgan fingerprint density at radius 2 is 1.79 bits per heavy atom. The van der Waals surface area contributed by atoms with E-state index in [-0.39, 0.29) is 18.2 Å². The summed E-state index contributed by atoms with van der Waals surface area (Å²) in [5, 5.41) is 0. The van der Waals surface area contributed by atoms with Gasteiger partial charge >= 0.3 is 6.18 Å². The molecular weight excluding hydrogens is 259 g/mol.